The topological polar surface area (TPSA) is 107 Å². The number of aromatic nitrogens is 2. The Morgan fingerprint density at radius 1 is 1.24 bits per heavy atom. The van der Waals surface area contributed by atoms with E-state index in [1.807, 2.05) is 6.92 Å². The maximum absolute atomic E-state index is 12.6. The molecule has 25 heavy (non-hydrogen) atoms. The molecule has 3 rings (SSSR count). The van der Waals surface area contributed by atoms with Gasteiger partial charge in [0.05, 0.1) is 10.6 Å². The van der Waals surface area contributed by atoms with Gasteiger partial charge in [0, 0.05) is 23.9 Å². The number of rotatable bonds is 3. The average molecular weight is 338 g/mol. The number of carbonyl (C=O) groups excluding carboxylic acids is 1. The molecule has 1 aromatic carbocycles. The zero-order valence-corrected chi connectivity index (χ0v) is 13.5. The van der Waals surface area contributed by atoms with Gasteiger partial charge < -0.3 is 5.32 Å². The minimum absolute atomic E-state index is 0.0397. The van der Waals surface area contributed by atoms with E-state index in [0.29, 0.717) is 11.3 Å². The number of nitro benzene ring substituents is 1. The van der Waals surface area contributed by atoms with Crippen molar-refractivity contribution in [2.45, 2.75) is 13.8 Å². The van der Waals surface area contributed by atoms with Crippen LogP contribution in [0.2, 0.25) is 0 Å². The van der Waals surface area contributed by atoms with Crippen molar-refractivity contribution >= 4 is 22.9 Å². The molecule has 0 unspecified atom stereocenters. The molecule has 0 atom stereocenters. The van der Waals surface area contributed by atoms with Crippen LogP contribution >= 0.6 is 0 Å². The van der Waals surface area contributed by atoms with E-state index in [9.17, 15) is 19.7 Å². The molecule has 0 radical (unpaired) electrons. The minimum Gasteiger partial charge on any atom is -0.316 e. The lowest BCUT2D eigenvalue weighted by molar-refractivity contribution is -0.384. The van der Waals surface area contributed by atoms with Gasteiger partial charge in [-0.3, -0.25) is 24.1 Å². The van der Waals surface area contributed by atoms with Crippen molar-refractivity contribution in [3.8, 4) is 0 Å². The van der Waals surface area contributed by atoms with E-state index in [2.05, 4.69) is 10.3 Å². The first kappa shape index (κ1) is 16.3. The molecule has 0 aliphatic heterocycles. The van der Waals surface area contributed by atoms with Gasteiger partial charge in [-0.2, -0.15) is 0 Å². The summed E-state index contributed by atoms with van der Waals surface area (Å²) in [4.78, 5) is 39.5. The SMILES string of the molecule is Cc1ccn2c(=O)c(NC(=O)c3cccc([N+](=O)[O-])c3)c(C)nc2c1. The summed E-state index contributed by atoms with van der Waals surface area (Å²) in [5.74, 6) is -0.613. The van der Waals surface area contributed by atoms with Crippen molar-refractivity contribution in [1.29, 1.82) is 0 Å². The number of anilines is 1. The second-order valence-electron chi connectivity index (χ2n) is 5.57. The number of nitro groups is 1. The Morgan fingerprint density at radius 3 is 2.72 bits per heavy atom. The summed E-state index contributed by atoms with van der Waals surface area (Å²) in [7, 11) is 0. The Balaban J connectivity index is 2.02. The molecule has 0 aliphatic carbocycles. The number of nitrogens with one attached hydrogen (secondary N) is 1. The lowest BCUT2D eigenvalue weighted by Crippen LogP contribution is -2.25. The molecule has 126 valence electrons. The van der Waals surface area contributed by atoms with Crippen LogP contribution in [0.3, 0.4) is 0 Å². The molecular weight excluding hydrogens is 324 g/mol. The zero-order valence-electron chi connectivity index (χ0n) is 13.5. The summed E-state index contributed by atoms with van der Waals surface area (Å²) in [6, 6.07) is 8.82. The van der Waals surface area contributed by atoms with Gasteiger partial charge in [0.15, 0.2) is 0 Å². The van der Waals surface area contributed by atoms with Crippen molar-refractivity contribution in [3.63, 3.8) is 0 Å². The van der Waals surface area contributed by atoms with Gasteiger partial charge in [-0.25, -0.2) is 4.98 Å². The van der Waals surface area contributed by atoms with Crippen molar-refractivity contribution < 1.29 is 9.72 Å². The van der Waals surface area contributed by atoms with Crippen molar-refractivity contribution in [2.75, 3.05) is 5.32 Å². The predicted molar refractivity (Wildman–Crippen MR) is 92.0 cm³/mol. The smallest absolute Gasteiger partial charge is 0.281 e. The summed E-state index contributed by atoms with van der Waals surface area (Å²) in [6.45, 7) is 3.51. The van der Waals surface area contributed by atoms with Crippen LogP contribution in [0.4, 0.5) is 11.4 Å². The number of aryl methyl sites for hydroxylation is 2. The van der Waals surface area contributed by atoms with Crippen LogP contribution in [0.15, 0.2) is 47.4 Å². The fraction of sp³-hybridized carbons (Fsp3) is 0.118. The van der Waals surface area contributed by atoms with E-state index in [1.54, 1.807) is 25.3 Å². The Kier molecular flexibility index (Phi) is 4.02. The van der Waals surface area contributed by atoms with E-state index in [0.717, 1.165) is 11.6 Å². The van der Waals surface area contributed by atoms with Crippen LogP contribution in [-0.2, 0) is 0 Å². The zero-order chi connectivity index (χ0) is 18.1. The fourth-order valence-electron chi connectivity index (χ4n) is 2.44. The van der Waals surface area contributed by atoms with Crippen LogP contribution in [0.25, 0.3) is 5.65 Å². The first-order chi connectivity index (χ1) is 11.9. The summed E-state index contributed by atoms with van der Waals surface area (Å²) in [6.07, 6.45) is 1.59. The normalized spacial score (nSPS) is 10.6. The fourth-order valence-corrected chi connectivity index (χ4v) is 2.44. The maximum atomic E-state index is 12.6. The highest BCUT2D eigenvalue weighted by atomic mass is 16.6. The second kappa shape index (κ2) is 6.16. The third-order valence-electron chi connectivity index (χ3n) is 3.72. The molecule has 0 saturated carbocycles. The van der Waals surface area contributed by atoms with Gasteiger partial charge in [-0.1, -0.05) is 6.07 Å². The third kappa shape index (κ3) is 3.09. The minimum atomic E-state index is -0.613. The van der Waals surface area contributed by atoms with Gasteiger partial charge in [0.2, 0.25) is 0 Å². The monoisotopic (exact) mass is 338 g/mol. The molecule has 0 spiro atoms. The van der Waals surface area contributed by atoms with Crippen LogP contribution < -0.4 is 10.9 Å². The molecule has 8 heteroatoms. The van der Waals surface area contributed by atoms with Crippen LogP contribution in [0, 0.1) is 24.0 Å². The number of nitrogens with zero attached hydrogens (tertiary/aromatic N) is 3. The Morgan fingerprint density at radius 2 is 2.00 bits per heavy atom. The van der Waals surface area contributed by atoms with Gasteiger partial charge in [0.25, 0.3) is 17.2 Å². The van der Waals surface area contributed by atoms with E-state index < -0.39 is 16.4 Å². The third-order valence-corrected chi connectivity index (χ3v) is 3.72. The number of hydrogen-bond acceptors (Lipinski definition) is 5. The highest BCUT2D eigenvalue weighted by molar-refractivity contribution is 6.04. The number of carbonyl (C=O) groups is 1. The Bertz CT molecular complexity index is 1070. The van der Waals surface area contributed by atoms with E-state index in [1.165, 1.54) is 22.6 Å². The molecule has 0 aliphatic rings. The van der Waals surface area contributed by atoms with Gasteiger partial charge in [-0.15, -0.1) is 0 Å². The van der Waals surface area contributed by atoms with Crippen molar-refractivity contribution in [1.82, 2.24) is 9.38 Å². The summed E-state index contributed by atoms with van der Waals surface area (Å²) in [5.41, 5.74) is 1.32. The molecule has 1 N–H and O–H groups in total. The molecule has 1 amide bonds. The summed E-state index contributed by atoms with van der Waals surface area (Å²) < 4.78 is 1.34. The largest absolute Gasteiger partial charge is 0.316 e. The predicted octanol–water partition coefficient (Wildman–Crippen LogP) is 2.47. The molecule has 0 bridgehead atoms. The Hall–Kier alpha value is -3.55. The first-order valence-corrected chi connectivity index (χ1v) is 7.42. The van der Waals surface area contributed by atoms with E-state index >= 15 is 0 Å². The quantitative estimate of drug-likeness (QED) is 0.583. The first-order valence-electron chi connectivity index (χ1n) is 7.42. The lowest BCUT2D eigenvalue weighted by atomic mass is 10.2. The Labute approximate surface area is 141 Å². The number of pyridine rings is 1. The second-order valence-corrected chi connectivity index (χ2v) is 5.57. The summed E-state index contributed by atoms with van der Waals surface area (Å²) >= 11 is 0. The average Bonchev–Trinajstić information content (AvgIpc) is 2.58. The highest BCUT2D eigenvalue weighted by Crippen LogP contribution is 2.15. The van der Waals surface area contributed by atoms with Gasteiger partial charge in [0.1, 0.15) is 11.3 Å². The summed E-state index contributed by atoms with van der Waals surface area (Å²) in [5, 5.41) is 13.3. The van der Waals surface area contributed by atoms with Crippen LogP contribution in [0.5, 0.6) is 0 Å². The molecule has 0 fully saturated rings. The number of non-ortho nitro benzene ring substituents is 1. The standard InChI is InChI=1S/C17H14N4O4/c1-10-6-7-20-14(8-10)18-11(2)15(17(20)23)19-16(22)12-4-3-5-13(9-12)21(24)25/h3-9H,1-2H3,(H,19,22). The van der Waals surface area contributed by atoms with E-state index in [-0.39, 0.29) is 16.9 Å². The van der Waals surface area contributed by atoms with Crippen molar-refractivity contribution in [3.05, 3.63) is 79.9 Å². The molecular formula is C17H14N4O4. The molecule has 8 nitrogen and oxygen atoms in total. The van der Waals surface area contributed by atoms with Crippen LogP contribution in [0.1, 0.15) is 21.6 Å². The van der Waals surface area contributed by atoms with Crippen molar-refractivity contribution in [2.24, 2.45) is 0 Å². The number of benzene rings is 1. The highest BCUT2D eigenvalue weighted by Gasteiger charge is 2.16. The maximum Gasteiger partial charge on any atom is 0.281 e. The number of amides is 1. The van der Waals surface area contributed by atoms with Crippen LogP contribution in [-0.4, -0.2) is 20.2 Å². The lowest BCUT2D eigenvalue weighted by Gasteiger charge is -2.10. The number of fused-ring (bicyclic) bond motifs is 1. The van der Waals surface area contributed by atoms with E-state index in [4.69, 9.17) is 0 Å². The molecule has 3 aromatic rings. The van der Waals surface area contributed by atoms with Gasteiger partial charge in [-0.05, 0) is 37.6 Å². The number of hydrogen-bond donors (Lipinski definition) is 1. The van der Waals surface area contributed by atoms with Gasteiger partial charge >= 0.3 is 0 Å². The molecule has 2 heterocycles. The molecule has 2 aromatic heterocycles. The molecule has 0 saturated heterocycles.